The van der Waals surface area contributed by atoms with Gasteiger partial charge in [0, 0.05) is 18.4 Å². The van der Waals surface area contributed by atoms with Crippen molar-refractivity contribution in [1.29, 1.82) is 0 Å². The number of fused-ring (bicyclic) bond motifs is 1. The van der Waals surface area contributed by atoms with E-state index >= 15 is 0 Å². The number of rotatable bonds is 6. The zero-order valence-corrected chi connectivity index (χ0v) is 15.7. The van der Waals surface area contributed by atoms with Crippen LogP contribution in [0.1, 0.15) is 22.5 Å². The number of aromatic nitrogens is 6. The predicted octanol–water partition coefficient (Wildman–Crippen LogP) is 1.44. The van der Waals surface area contributed by atoms with Crippen molar-refractivity contribution in [2.24, 2.45) is 0 Å². The molecular weight excluding hydrogens is 374 g/mol. The minimum absolute atomic E-state index is 0.225. The molecule has 0 radical (unpaired) electrons. The summed E-state index contributed by atoms with van der Waals surface area (Å²) in [5.74, 6) is -0.0857. The summed E-state index contributed by atoms with van der Waals surface area (Å²) in [6.07, 6.45) is 5.26. The highest BCUT2D eigenvalue weighted by Gasteiger charge is 2.11. The van der Waals surface area contributed by atoms with Crippen LogP contribution in [0.2, 0.25) is 0 Å². The summed E-state index contributed by atoms with van der Waals surface area (Å²) in [5, 5.41) is 0. The van der Waals surface area contributed by atoms with E-state index in [1.54, 1.807) is 36.8 Å². The number of esters is 1. The first kappa shape index (κ1) is 18.4. The second kappa shape index (κ2) is 7.58. The zero-order valence-electron chi connectivity index (χ0n) is 15.7. The Kier molecular flexibility index (Phi) is 4.82. The minimum atomic E-state index is -0.420. The molecule has 3 N–H and O–H groups in total. The van der Waals surface area contributed by atoms with Crippen molar-refractivity contribution in [3.63, 3.8) is 0 Å². The number of ether oxygens (including phenoxy) is 1. The van der Waals surface area contributed by atoms with Gasteiger partial charge >= 0.3 is 11.7 Å². The first-order chi connectivity index (χ1) is 14.0. The van der Waals surface area contributed by atoms with Gasteiger partial charge in [-0.15, -0.1) is 0 Å². The van der Waals surface area contributed by atoms with Crippen molar-refractivity contribution < 1.29 is 9.53 Å². The molecule has 4 aromatic rings. The largest absolute Gasteiger partial charge is 0.462 e. The predicted molar refractivity (Wildman–Crippen MR) is 106 cm³/mol. The Morgan fingerprint density at radius 3 is 2.72 bits per heavy atom. The third-order valence-electron chi connectivity index (χ3n) is 4.53. The van der Waals surface area contributed by atoms with E-state index in [0.29, 0.717) is 41.2 Å². The zero-order chi connectivity index (χ0) is 20.4. The number of H-pyrrole nitrogens is 1. The number of benzene rings is 1. The lowest BCUT2D eigenvalue weighted by Crippen LogP contribution is -2.16. The Balaban J connectivity index is 1.34. The summed E-state index contributed by atoms with van der Waals surface area (Å²) in [5.41, 5.74) is 8.63. The highest BCUT2D eigenvalue weighted by Crippen LogP contribution is 2.15. The average molecular weight is 393 g/mol. The van der Waals surface area contributed by atoms with Gasteiger partial charge in [-0.3, -0.25) is 4.57 Å². The van der Waals surface area contributed by atoms with E-state index < -0.39 is 5.97 Å². The first-order valence-electron chi connectivity index (χ1n) is 9.00. The van der Waals surface area contributed by atoms with Crippen LogP contribution in [0.5, 0.6) is 0 Å². The number of imidazole rings is 2. The standard InChI is InChI=1S/C19H19N7O3/c1-12-9-21-19(28)26(12)14-5-3-13(4-6-14)18(27)29-8-2-7-25-11-24-15-16(20)22-10-23-17(15)25/h3-6,9-11H,2,7-8H2,1H3,(H,21,28)(H2,20,22,23). The van der Waals surface area contributed by atoms with Gasteiger partial charge in [0.05, 0.1) is 24.2 Å². The van der Waals surface area contributed by atoms with Gasteiger partial charge < -0.3 is 20.0 Å². The third-order valence-corrected chi connectivity index (χ3v) is 4.53. The van der Waals surface area contributed by atoms with Crippen molar-refractivity contribution >= 4 is 23.0 Å². The number of carbonyl (C=O) groups excluding carboxylic acids is 1. The normalized spacial score (nSPS) is 11.1. The van der Waals surface area contributed by atoms with E-state index in [-0.39, 0.29) is 12.3 Å². The van der Waals surface area contributed by atoms with Crippen LogP contribution in [-0.2, 0) is 11.3 Å². The molecule has 0 amide bonds. The highest BCUT2D eigenvalue weighted by atomic mass is 16.5. The van der Waals surface area contributed by atoms with E-state index in [1.807, 2.05) is 11.5 Å². The number of nitrogens with zero attached hydrogens (tertiary/aromatic N) is 5. The Bertz CT molecular complexity index is 1220. The monoisotopic (exact) mass is 393 g/mol. The molecule has 1 aromatic carbocycles. The number of nitrogens with two attached hydrogens (primary N) is 1. The molecule has 10 heteroatoms. The Hall–Kier alpha value is -3.95. The molecular formula is C19H19N7O3. The maximum Gasteiger partial charge on any atom is 0.338 e. The van der Waals surface area contributed by atoms with Crippen LogP contribution in [0.3, 0.4) is 0 Å². The summed E-state index contributed by atoms with van der Waals surface area (Å²) in [4.78, 5) is 39.0. The summed E-state index contributed by atoms with van der Waals surface area (Å²) in [7, 11) is 0. The van der Waals surface area contributed by atoms with Gasteiger partial charge in [-0.25, -0.2) is 24.5 Å². The van der Waals surface area contributed by atoms with Crippen molar-refractivity contribution in [3.05, 3.63) is 64.9 Å². The lowest BCUT2D eigenvalue weighted by atomic mass is 10.2. The number of aromatic amines is 1. The minimum Gasteiger partial charge on any atom is -0.462 e. The number of aryl methyl sites for hydroxylation is 2. The molecule has 0 aliphatic carbocycles. The number of anilines is 1. The number of nitrogen functional groups attached to an aromatic ring is 1. The fraction of sp³-hybridized carbons (Fsp3) is 0.211. The van der Waals surface area contributed by atoms with Crippen LogP contribution in [0.15, 0.2) is 47.9 Å². The summed E-state index contributed by atoms with van der Waals surface area (Å²) >= 11 is 0. The van der Waals surface area contributed by atoms with Gasteiger partial charge in [0.2, 0.25) is 0 Å². The van der Waals surface area contributed by atoms with E-state index in [4.69, 9.17) is 10.5 Å². The van der Waals surface area contributed by atoms with Crippen molar-refractivity contribution in [2.75, 3.05) is 12.3 Å². The molecule has 0 spiro atoms. The van der Waals surface area contributed by atoms with Gasteiger partial charge in [-0.05, 0) is 37.6 Å². The number of carbonyl (C=O) groups is 1. The molecule has 0 fully saturated rings. The van der Waals surface area contributed by atoms with Crippen LogP contribution >= 0.6 is 0 Å². The maximum absolute atomic E-state index is 12.2. The molecule has 148 valence electrons. The smallest absolute Gasteiger partial charge is 0.338 e. The molecule has 0 unspecified atom stereocenters. The fourth-order valence-electron chi connectivity index (χ4n) is 3.07. The van der Waals surface area contributed by atoms with Gasteiger partial charge in [0.1, 0.15) is 11.8 Å². The quantitative estimate of drug-likeness (QED) is 0.374. The van der Waals surface area contributed by atoms with E-state index in [0.717, 1.165) is 5.69 Å². The van der Waals surface area contributed by atoms with Crippen LogP contribution in [0.4, 0.5) is 5.82 Å². The Morgan fingerprint density at radius 1 is 1.21 bits per heavy atom. The van der Waals surface area contributed by atoms with Crippen LogP contribution in [-0.4, -0.2) is 41.6 Å². The van der Waals surface area contributed by atoms with Crippen LogP contribution < -0.4 is 11.4 Å². The molecule has 0 bridgehead atoms. The van der Waals surface area contributed by atoms with Crippen LogP contribution in [0.25, 0.3) is 16.9 Å². The first-order valence-corrected chi connectivity index (χ1v) is 9.00. The number of hydrogen-bond donors (Lipinski definition) is 2. The summed E-state index contributed by atoms with van der Waals surface area (Å²) in [6.45, 7) is 2.65. The Morgan fingerprint density at radius 2 is 2.00 bits per heavy atom. The number of nitrogens with one attached hydrogen (secondary N) is 1. The molecule has 0 aliphatic rings. The van der Waals surface area contributed by atoms with E-state index in [1.165, 1.54) is 10.9 Å². The lowest BCUT2D eigenvalue weighted by molar-refractivity contribution is 0.0496. The lowest BCUT2D eigenvalue weighted by Gasteiger charge is -2.08. The van der Waals surface area contributed by atoms with Crippen molar-refractivity contribution in [1.82, 2.24) is 29.1 Å². The molecule has 3 heterocycles. The maximum atomic E-state index is 12.2. The fourth-order valence-corrected chi connectivity index (χ4v) is 3.07. The second-order valence-corrected chi connectivity index (χ2v) is 6.48. The van der Waals surface area contributed by atoms with Gasteiger partial charge in [0.15, 0.2) is 11.5 Å². The molecule has 10 nitrogen and oxygen atoms in total. The molecule has 0 saturated carbocycles. The van der Waals surface area contributed by atoms with Gasteiger partial charge in [-0.1, -0.05) is 0 Å². The molecule has 0 atom stereocenters. The summed E-state index contributed by atoms with van der Waals surface area (Å²) < 4.78 is 8.70. The number of hydrogen-bond acceptors (Lipinski definition) is 7. The molecule has 29 heavy (non-hydrogen) atoms. The average Bonchev–Trinajstić information content (AvgIpc) is 3.29. The topological polar surface area (TPSA) is 134 Å². The van der Waals surface area contributed by atoms with Crippen LogP contribution in [0, 0.1) is 6.92 Å². The SMILES string of the molecule is Cc1c[nH]c(=O)n1-c1ccc(C(=O)OCCCn2cnc3c(N)ncnc32)cc1. The third kappa shape index (κ3) is 3.59. The summed E-state index contributed by atoms with van der Waals surface area (Å²) in [6, 6.07) is 6.69. The van der Waals surface area contributed by atoms with E-state index in [9.17, 15) is 9.59 Å². The highest BCUT2D eigenvalue weighted by molar-refractivity contribution is 5.89. The molecule has 3 aromatic heterocycles. The molecule has 0 saturated heterocycles. The molecule has 0 aliphatic heterocycles. The van der Waals surface area contributed by atoms with Crippen molar-refractivity contribution in [2.45, 2.75) is 19.9 Å². The van der Waals surface area contributed by atoms with Crippen molar-refractivity contribution in [3.8, 4) is 5.69 Å². The van der Waals surface area contributed by atoms with E-state index in [2.05, 4.69) is 19.9 Å². The Labute approximate surface area is 165 Å². The second-order valence-electron chi connectivity index (χ2n) is 6.48. The van der Waals surface area contributed by atoms with Gasteiger partial charge in [-0.2, -0.15) is 0 Å². The van der Waals surface area contributed by atoms with Gasteiger partial charge in [0.25, 0.3) is 0 Å². The molecule has 4 rings (SSSR count).